The zero-order chi connectivity index (χ0) is 10.4. The monoisotopic (exact) mass is 214 g/mol. The molecule has 0 heterocycles. The van der Waals surface area contributed by atoms with E-state index in [4.69, 9.17) is 10.2 Å². The second-order valence-electron chi connectivity index (χ2n) is 2.33. The third kappa shape index (κ3) is 7.84. The van der Waals surface area contributed by atoms with Gasteiger partial charge in [0.15, 0.2) is 0 Å². The van der Waals surface area contributed by atoms with Crippen LogP contribution in [0.1, 0.15) is 12.8 Å². The van der Waals surface area contributed by atoms with Crippen molar-refractivity contribution in [2.45, 2.75) is 18.9 Å². The number of carboxylic acid groups (broad SMARTS) is 2. The third-order valence-electron chi connectivity index (χ3n) is 1.26. The van der Waals surface area contributed by atoms with Crippen molar-refractivity contribution in [3.05, 3.63) is 0 Å². The summed E-state index contributed by atoms with van der Waals surface area (Å²) in [5.41, 5.74) is 4.68. The number of hydrogen-bond donors (Lipinski definition) is 4. The van der Waals surface area contributed by atoms with Crippen LogP contribution in [0.5, 0.6) is 0 Å². The van der Waals surface area contributed by atoms with Crippen molar-refractivity contribution in [3.63, 3.8) is 0 Å². The van der Waals surface area contributed by atoms with Crippen LogP contribution in [-0.2, 0) is 9.59 Å². The summed E-state index contributed by atoms with van der Waals surface area (Å²) in [4.78, 5) is 30.7. The molecular weight excluding hydrogens is 203 g/mol. The van der Waals surface area contributed by atoms with E-state index in [1.54, 1.807) is 0 Å². The van der Waals surface area contributed by atoms with Gasteiger partial charge in [0.1, 0.15) is 6.04 Å². The van der Waals surface area contributed by atoms with E-state index < -0.39 is 24.0 Å². The van der Waals surface area contributed by atoms with Gasteiger partial charge in [-0.15, -0.1) is 0 Å². The molecule has 0 aliphatic heterocycles. The number of carboxylic acids is 2. The van der Waals surface area contributed by atoms with Crippen LogP contribution in [0.2, 0.25) is 0 Å². The third-order valence-corrected chi connectivity index (χ3v) is 1.26. The predicted molar refractivity (Wildman–Crippen MR) is 48.2 cm³/mol. The summed E-state index contributed by atoms with van der Waals surface area (Å²) < 4.78 is 0. The Morgan fingerprint density at radius 3 is 2.07 bits per heavy atom. The number of nitrogens with one attached hydrogen (secondary N) is 1. The Kier molecular flexibility index (Phi) is 8.51. The van der Waals surface area contributed by atoms with Gasteiger partial charge in [-0.3, -0.25) is 4.79 Å². The maximum absolute atomic E-state index is 10.4. The van der Waals surface area contributed by atoms with Gasteiger partial charge in [-0.1, -0.05) is 0 Å². The molecule has 0 bridgehead atoms. The van der Waals surface area contributed by atoms with Gasteiger partial charge in [-0.2, -0.15) is 0 Å². The maximum atomic E-state index is 10.4. The average molecular weight is 214 g/mol. The molecule has 8 heteroatoms. The fourth-order valence-corrected chi connectivity index (χ4v) is 0.697. The normalized spacial score (nSPS) is 10.9. The van der Waals surface area contributed by atoms with Crippen LogP contribution in [0.15, 0.2) is 0 Å². The number of rotatable bonds is 5. The molecule has 0 spiro atoms. The van der Waals surface area contributed by atoms with Crippen molar-refractivity contribution in [1.29, 1.82) is 0 Å². The quantitative estimate of drug-likeness (QED) is 0.406. The Morgan fingerprint density at radius 1 is 1.29 bits per heavy atom. The fraction of sp³-hybridized carbons (Fsp3) is 0.500. The van der Waals surface area contributed by atoms with Gasteiger partial charge >= 0.3 is 47.5 Å². The average Bonchev–Trinajstić information content (AvgIpc) is 1.96. The Bertz CT molecular complexity index is 232. The van der Waals surface area contributed by atoms with Crippen molar-refractivity contribution >= 4 is 47.5 Å². The summed E-state index contributed by atoms with van der Waals surface area (Å²) in [7, 11) is 0. The first-order valence-corrected chi connectivity index (χ1v) is 3.44. The Morgan fingerprint density at radius 2 is 1.79 bits per heavy atom. The summed E-state index contributed by atoms with van der Waals surface area (Å²) >= 11 is 0. The van der Waals surface area contributed by atoms with Crippen LogP contribution >= 0.6 is 0 Å². The molecule has 2 amide bonds. The van der Waals surface area contributed by atoms with Gasteiger partial charge in [0.25, 0.3) is 0 Å². The van der Waals surface area contributed by atoms with E-state index in [1.165, 1.54) is 0 Å². The number of carbonyl (C=O) groups is 3. The number of carbonyl (C=O) groups excluding carboxylic acids is 1. The van der Waals surface area contributed by atoms with Crippen molar-refractivity contribution in [3.8, 4) is 0 Å². The minimum atomic E-state index is -1.31. The molecule has 5 N–H and O–H groups in total. The molecule has 76 valence electrons. The van der Waals surface area contributed by atoms with Crippen LogP contribution < -0.4 is 11.1 Å². The van der Waals surface area contributed by atoms with Gasteiger partial charge in [0.2, 0.25) is 0 Å². The molecule has 7 nitrogen and oxygen atoms in total. The SMILES string of the molecule is NC(=O)N[C@@H](CCC(=O)O)C(=O)O.[NaH]. The van der Waals surface area contributed by atoms with Gasteiger partial charge in [0, 0.05) is 6.42 Å². The first kappa shape index (κ1) is 15.7. The van der Waals surface area contributed by atoms with E-state index in [2.05, 4.69) is 5.73 Å². The van der Waals surface area contributed by atoms with E-state index in [0.717, 1.165) is 0 Å². The topological polar surface area (TPSA) is 130 Å². The second kappa shape index (κ2) is 7.60. The number of nitrogens with two attached hydrogens (primary N) is 1. The summed E-state index contributed by atoms with van der Waals surface area (Å²) in [5.74, 6) is -2.43. The van der Waals surface area contributed by atoms with E-state index >= 15 is 0 Å². The molecule has 0 aliphatic carbocycles. The molecule has 0 aromatic heterocycles. The molecule has 0 radical (unpaired) electrons. The molecule has 0 saturated heterocycles. The van der Waals surface area contributed by atoms with E-state index in [1.807, 2.05) is 5.32 Å². The predicted octanol–water partition coefficient (Wildman–Crippen LogP) is -1.68. The summed E-state index contributed by atoms with van der Waals surface area (Å²) in [6.45, 7) is 0. The van der Waals surface area contributed by atoms with Crippen LogP contribution in [0.25, 0.3) is 0 Å². The molecule has 0 rings (SSSR count). The number of urea groups is 1. The molecule has 0 aromatic carbocycles. The van der Waals surface area contributed by atoms with Gasteiger partial charge in [-0.25, -0.2) is 9.59 Å². The Balaban J connectivity index is 0. The van der Waals surface area contributed by atoms with E-state index in [9.17, 15) is 14.4 Å². The number of hydrogen-bond acceptors (Lipinski definition) is 3. The summed E-state index contributed by atoms with van der Waals surface area (Å²) in [5, 5.41) is 18.6. The molecule has 0 aromatic rings. The number of amides is 2. The number of aliphatic carboxylic acids is 2. The Labute approximate surface area is 102 Å². The van der Waals surface area contributed by atoms with Crippen LogP contribution in [0, 0.1) is 0 Å². The van der Waals surface area contributed by atoms with Crippen molar-refractivity contribution in [1.82, 2.24) is 5.32 Å². The molecule has 0 saturated carbocycles. The zero-order valence-corrected chi connectivity index (χ0v) is 6.69. The van der Waals surface area contributed by atoms with Crippen molar-refractivity contribution in [2.24, 2.45) is 5.73 Å². The first-order chi connectivity index (χ1) is 5.93. The first-order valence-electron chi connectivity index (χ1n) is 3.44. The van der Waals surface area contributed by atoms with E-state index in [-0.39, 0.29) is 42.4 Å². The van der Waals surface area contributed by atoms with Gasteiger partial charge in [-0.05, 0) is 6.42 Å². The molecule has 14 heavy (non-hydrogen) atoms. The molecule has 0 aliphatic rings. The molecule has 0 unspecified atom stereocenters. The Hall–Kier alpha value is -0.790. The number of primary amides is 1. The zero-order valence-electron chi connectivity index (χ0n) is 6.69. The fourth-order valence-electron chi connectivity index (χ4n) is 0.697. The van der Waals surface area contributed by atoms with E-state index in [0.29, 0.717) is 0 Å². The van der Waals surface area contributed by atoms with Gasteiger partial charge < -0.3 is 21.3 Å². The molecular formula is C6H11N2NaO5. The summed E-state index contributed by atoms with van der Waals surface area (Å²) in [6.07, 6.45) is -0.523. The van der Waals surface area contributed by atoms with Crippen LogP contribution in [0.4, 0.5) is 4.79 Å². The van der Waals surface area contributed by atoms with Crippen LogP contribution in [-0.4, -0.2) is 63.8 Å². The molecule has 0 fully saturated rings. The standard InChI is InChI=1S/C6H10N2O5.Na.H/c7-6(13)8-3(5(11)12)1-2-4(9)10;;/h3H,1-2H2,(H,9,10)(H,11,12)(H3,7,8,13);;/t3-;;/m0../s1. The van der Waals surface area contributed by atoms with Crippen molar-refractivity contribution < 1.29 is 24.6 Å². The van der Waals surface area contributed by atoms with Gasteiger partial charge in [0.05, 0.1) is 0 Å². The van der Waals surface area contributed by atoms with Crippen LogP contribution in [0.3, 0.4) is 0 Å². The second-order valence-corrected chi connectivity index (χ2v) is 2.33. The molecule has 1 atom stereocenters. The minimum absolute atomic E-state index is 0. The summed E-state index contributed by atoms with van der Waals surface area (Å²) in [6, 6.07) is -2.23. The van der Waals surface area contributed by atoms with Crippen molar-refractivity contribution in [2.75, 3.05) is 0 Å².